The molecular formula is C14H9Br3N2O. The summed E-state index contributed by atoms with van der Waals surface area (Å²) in [6.45, 7) is 0. The monoisotopic (exact) mass is 458 g/mol. The van der Waals surface area contributed by atoms with Gasteiger partial charge in [-0.3, -0.25) is 0 Å². The Balaban J connectivity index is 2.10. The Hall–Kier alpha value is -0.850. The van der Waals surface area contributed by atoms with Crippen molar-refractivity contribution in [3.05, 3.63) is 67.0 Å². The van der Waals surface area contributed by atoms with Crippen molar-refractivity contribution >= 4 is 58.8 Å². The molecule has 0 aliphatic carbocycles. The lowest BCUT2D eigenvalue weighted by atomic mass is 10.0. The first-order valence-corrected chi connectivity index (χ1v) is 8.36. The van der Waals surface area contributed by atoms with Crippen LogP contribution in [0.5, 0.6) is 0 Å². The van der Waals surface area contributed by atoms with Crippen LogP contribution in [-0.4, -0.2) is 9.97 Å². The van der Waals surface area contributed by atoms with Gasteiger partial charge in [-0.1, -0.05) is 59.9 Å². The lowest BCUT2D eigenvalue weighted by Gasteiger charge is -2.13. The largest absolute Gasteiger partial charge is 0.323 e. The summed E-state index contributed by atoms with van der Waals surface area (Å²) < 4.78 is 2.00. The minimum absolute atomic E-state index is 0.0489. The maximum atomic E-state index is 11.3. The number of nitrogens with one attached hydrogen (secondary N) is 2. The smallest absolute Gasteiger partial charge is 0.306 e. The molecule has 1 atom stereocenters. The molecule has 0 spiro atoms. The highest BCUT2D eigenvalue weighted by molar-refractivity contribution is 9.11. The lowest BCUT2D eigenvalue weighted by Crippen LogP contribution is -1.99. The Bertz CT molecular complexity index is 821. The van der Waals surface area contributed by atoms with Crippen molar-refractivity contribution in [1.82, 2.24) is 9.97 Å². The average Bonchev–Trinajstić information content (AvgIpc) is 2.77. The minimum Gasteiger partial charge on any atom is -0.306 e. The van der Waals surface area contributed by atoms with Crippen LogP contribution >= 0.6 is 47.8 Å². The second kappa shape index (κ2) is 5.50. The fraction of sp³-hybridized carbons (Fsp3) is 0.0714. The van der Waals surface area contributed by atoms with Gasteiger partial charge in [-0.15, -0.1) is 0 Å². The highest BCUT2D eigenvalue weighted by atomic mass is 79.9. The summed E-state index contributed by atoms with van der Waals surface area (Å²) >= 11 is 10.7. The molecule has 0 radical (unpaired) electrons. The van der Waals surface area contributed by atoms with Crippen LogP contribution in [0.3, 0.4) is 0 Å². The van der Waals surface area contributed by atoms with E-state index in [1.54, 1.807) is 0 Å². The zero-order valence-electron chi connectivity index (χ0n) is 10.1. The van der Waals surface area contributed by atoms with Gasteiger partial charge in [0, 0.05) is 8.95 Å². The van der Waals surface area contributed by atoms with Gasteiger partial charge in [0.15, 0.2) is 0 Å². The van der Waals surface area contributed by atoms with E-state index in [2.05, 4.69) is 69.9 Å². The summed E-state index contributed by atoms with van der Waals surface area (Å²) in [5.41, 5.74) is 3.61. The molecule has 0 amide bonds. The van der Waals surface area contributed by atoms with Crippen molar-refractivity contribution in [3.63, 3.8) is 0 Å². The van der Waals surface area contributed by atoms with Crippen molar-refractivity contribution in [2.45, 2.75) is 4.83 Å². The number of hydrogen-bond acceptors (Lipinski definition) is 1. The molecule has 0 aliphatic rings. The van der Waals surface area contributed by atoms with Crippen LogP contribution in [0.25, 0.3) is 11.0 Å². The quantitative estimate of drug-likeness (QED) is 0.527. The van der Waals surface area contributed by atoms with Crippen LogP contribution in [0.1, 0.15) is 16.0 Å². The Morgan fingerprint density at radius 3 is 2.20 bits per heavy atom. The van der Waals surface area contributed by atoms with Crippen LogP contribution in [0.4, 0.5) is 0 Å². The van der Waals surface area contributed by atoms with Crippen molar-refractivity contribution < 1.29 is 0 Å². The Morgan fingerprint density at radius 2 is 1.55 bits per heavy atom. The number of halogens is 3. The van der Waals surface area contributed by atoms with E-state index in [4.69, 9.17) is 0 Å². The molecule has 20 heavy (non-hydrogen) atoms. The number of imidazole rings is 1. The molecule has 102 valence electrons. The zero-order chi connectivity index (χ0) is 14.3. The number of fused-ring (bicyclic) bond motifs is 1. The highest BCUT2D eigenvalue weighted by Crippen LogP contribution is 2.37. The molecule has 0 saturated carbocycles. The highest BCUT2D eigenvalue weighted by Gasteiger charge is 2.15. The van der Waals surface area contributed by atoms with Gasteiger partial charge in [-0.2, -0.15) is 0 Å². The second-order valence-corrected chi connectivity index (χ2v) is 7.10. The molecule has 2 N–H and O–H groups in total. The molecule has 3 nitrogen and oxygen atoms in total. The summed E-state index contributed by atoms with van der Waals surface area (Å²) in [5, 5.41) is 0. The molecule has 1 heterocycles. The number of hydrogen-bond donors (Lipinski definition) is 2. The van der Waals surface area contributed by atoms with E-state index in [1.807, 2.05) is 24.3 Å². The van der Waals surface area contributed by atoms with Gasteiger partial charge in [-0.05, 0) is 35.4 Å². The molecule has 0 bridgehead atoms. The summed E-state index contributed by atoms with van der Waals surface area (Å²) in [5.74, 6) is 0. The van der Waals surface area contributed by atoms with Gasteiger partial charge in [0.05, 0.1) is 15.9 Å². The third-order valence-electron chi connectivity index (χ3n) is 3.07. The number of rotatable bonds is 2. The van der Waals surface area contributed by atoms with Crippen molar-refractivity contribution in [2.24, 2.45) is 0 Å². The zero-order valence-corrected chi connectivity index (χ0v) is 14.8. The summed E-state index contributed by atoms with van der Waals surface area (Å²) in [6.07, 6.45) is 0. The van der Waals surface area contributed by atoms with Crippen LogP contribution in [0.2, 0.25) is 0 Å². The summed E-state index contributed by atoms with van der Waals surface area (Å²) in [6, 6.07) is 12.0. The molecular weight excluding hydrogens is 452 g/mol. The fourth-order valence-electron chi connectivity index (χ4n) is 2.08. The predicted octanol–water partition coefficient (Wildman–Crippen LogP) is 4.87. The average molecular weight is 461 g/mol. The number of aromatic nitrogens is 2. The molecule has 2 aromatic carbocycles. The number of aromatic amines is 2. The molecule has 3 rings (SSSR count). The normalized spacial score (nSPS) is 12.8. The van der Waals surface area contributed by atoms with Crippen molar-refractivity contribution in [2.75, 3.05) is 0 Å². The maximum Gasteiger partial charge on any atom is 0.323 e. The molecule has 0 saturated heterocycles. The van der Waals surface area contributed by atoms with E-state index in [0.717, 1.165) is 31.1 Å². The lowest BCUT2D eigenvalue weighted by molar-refractivity contribution is 1.17. The first kappa shape index (κ1) is 14.1. The standard InChI is InChI=1S/C14H9Br3N2O/c15-8-3-1-7(2-4-8)13(17)9-5-11-12(6-10(9)16)19-14(20)18-11/h1-6,13H,(H2,18,19,20). The third kappa shape index (κ3) is 2.64. The first-order valence-electron chi connectivity index (χ1n) is 5.85. The molecule has 0 aliphatic heterocycles. The van der Waals surface area contributed by atoms with Crippen molar-refractivity contribution in [1.29, 1.82) is 0 Å². The molecule has 6 heteroatoms. The topological polar surface area (TPSA) is 48.6 Å². The van der Waals surface area contributed by atoms with Gasteiger partial charge < -0.3 is 9.97 Å². The van der Waals surface area contributed by atoms with E-state index in [1.165, 1.54) is 0 Å². The maximum absolute atomic E-state index is 11.3. The first-order chi connectivity index (χ1) is 9.54. The van der Waals surface area contributed by atoms with Gasteiger partial charge >= 0.3 is 5.69 Å². The van der Waals surface area contributed by atoms with Crippen LogP contribution in [0.15, 0.2) is 50.1 Å². The molecule has 0 fully saturated rings. The van der Waals surface area contributed by atoms with E-state index in [-0.39, 0.29) is 10.5 Å². The number of H-pyrrole nitrogens is 2. The number of benzene rings is 2. The molecule has 1 unspecified atom stereocenters. The van der Waals surface area contributed by atoms with E-state index in [0.29, 0.717) is 0 Å². The SMILES string of the molecule is O=c1[nH]c2cc(Br)c(C(Br)c3ccc(Br)cc3)cc2[nH]1. The third-order valence-corrected chi connectivity index (χ3v) is 5.31. The van der Waals surface area contributed by atoms with Gasteiger partial charge in [0.2, 0.25) is 0 Å². The summed E-state index contributed by atoms with van der Waals surface area (Å²) in [4.78, 5) is 16.9. The second-order valence-electron chi connectivity index (χ2n) is 4.41. The Morgan fingerprint density at radius 1 is 0.950 bits per heavy atom. The Labute approximate surface area is 140 Å². The van der Waals surface area contributed by atoms with E-state index >= 15 is 0 Å². The van der Waals surface area contributed by atoms with Gasteiger partial charge in [-0.25, -0.2) is 4.79 Å². The van der Waals surface area contributed by atoms with Crippen LogP contribution in [-0.2, 0) is 0 Å². The van der Waals surface area contributed by atoms with E-state index in [9.17, 15) is 4.79 Å². The number of alkyl halides is 1. The molecule has 1 aromatic heterocycles. The minimum atomic E-state index is -0.196. The predicted molar refractivity (Wildman–Crippen MR) is 91.5 cm³/mol. The Kier molecular flexibility index (Phi) is 3.88. The van der Waals surface area contributed by atoms with Gasteiger partial charge in [0.25, 0.3) is 0 Å². The van der Waals surface area contributed by atoms with Gasteiger partial charge in [0.1, 0.15) is 0 Å². The van der Waals surface area contributed by atoms with E-state index < -0.39 is 0 Å². The summed E-state index contributed by atoms with van der Waals surface area (Å²) in [7, 11) is 0. The molecule has 3 aromatic rings. The van der Waals surface area contributed by atoms with Crippen molar-refractivity contribution in [3.8, 4) is 0 Å². The van der Waals surface area contributed by atoms with Crippen LogP contribution in [0, 0.1) is 0 Å². The van der Waals surface area contributed by atoms with Crippen LogP contribution < -0.4 is 5.69 Å². The fourth-order valence-corrected chi connectivity index (χ4v) is 3.91.